The molecule has 0 aliphatic heterocycles. The smallest absolute Gasteiger partial charge is 0.390 e. The zero-order valence-corrected chi connectivity index (χ0v) is 22.8. The highest BCUT2D eigenvalue weighted by Gasteiger charge is 2.39. The van der Waals surface area contributed by atoms with Crippen LogP contribution in [0.2, 0.25) is 0 Å². The molecular weight excluding hydrogens is 559 g/mol. The van der Waals surface area contributed by atoms with Crippen LogP contribution < -0.4 is 5.32 Å². The minimum atomic E-state index is -4.45. The largest absolute Gasteiger partial charge is 0.591 e. The number of aromatic nitrogens is 6. The van der Waals surface area contributed by atoms with E-state index in [-0.39, 0.29) is 31.4 Å². The van der Waals surface area contributed by atoms with Gasteiger partial charge in [-0.05, 0) is 45.6 Å². The van der Waals surface area contributed by atoms with E-state index in [4.69, 9.17) is 0 Å². The average Bonchev–Trinajstić information content (AvgIpc) is 3.50. The Hall–Kier alpha value is -3.14. The summed E-state index contributed by atoms with van der Waals surface area (Å²) in [4.78, 5) is 17.7. The molecule has 10 nitrogen and oxygen atoms in total. The fourth-order valence-electron chi connectivity index (χ4n) is 4.27. The van der Waals surface area contributed by atoms with E-state index in [1.54, 1.807) is 33.0 Å². The van der Waals surface area contributed by atoms with Gasteiger partial charge in [-0.2, -0.15) is 18.3 Å². The Bertz CT molecular complexity index is 1360. The van der Waals surface area contributed by atoms with Crippen LogP contribution >= 0.6 is 0 Å². The first-order valence-corrected chi connectivity index (χ1v) is 13.7. The number of amides is 1. The molecule has 2 atom stereocenters. The number of hydrogen-bond donors (Lipinski definition) is 1. The van der Waals surface area contributed by atoms with Crippen LogP contribution in [0.15, 0.2) is 29.1 Å². The normalized spacial score (nSPS) is 18.3. The van der Waals surface area contributed by atoms with E-state index in [0.717, 1.165) is 10.9 Å². The molecule has 40 heavy (non-hydrogen) atoms. The summed E-state index contributed by atoms with van der Waals surface area (Å²) < 4.78 is 84.1. The lowest BCUT2D eigenvalue weighted by Crippen LogP contribution is -2.38. The Balaban J connectivity index is 1.60. The van der Waals surface area contributed by atoms with E-state index in [1.807, 2.05) is 0 Å². The van der Waals surface area contributed by atoms with Crippen LogP contribution in [0.3, 0.4) is 0 Å². The molecule has 0 spiro atoms. The number of hydrogen-bond acceptors (Lipinski definition) is 7. The van der Waals surface area contributed by atoms with E-state index < -0.39 is 59.0 Å². The highest BCUT2D eigenvalue weighted by molar-refractivity contribution is 7.91. The molecule has 1 fully saturated rings. The summed E-state index contributed by atoms with van der Waals surface area (Å²) in [5, 5.41) is 14.2. The van der Waals surface area contributed by atoms with Crippen molar-refractivity contribution in [3.8, 4) is 0 Å². The average molecular weight is 589 g/mol. The molecule has 0 unspecified atom stereocenters. The predicted molar refractivity (Wildman–Crippen MR) is 136 cm³/mol. The standard InChI is InChI=1S/C24H29F5N8O2S/c1-22(2,3)40(39)32-12-15-10-19-33-17(14-37(19)31-11-15)20(16-4-6-23(25,26)7-5-16)34-21(38)18-13-30-35-36(18)9-8-24(27,28)29/h10-14,16,20H,4-9H2,1-3H3,(H,34,38)/b32-12+/t20-,40-/m0/s1. The van der Waals surface area contributed by atoms with Gasteiger partial charge in [0.2, 0.25) is 5.92 Å². The summed E-state index contributed by atoms with van der Waals surface area (Å²) in [6, 6.07) is 0.811. The number of nitrogens with zero attached hydrogens (tertiary/aromatic N) is 7. The predicted octanol–water partition coefficient (Wildman–Crippen LogP) is 4.45. The number of nitrogens with one attached hydrogen (secondary N) is 1. The fraction of sp³-hybridized carbons (Fsp3) is 0.583. The molecule has 4 rings (SSSR count). The number of aryl methyl sites for hydroxylation is 1. The molecule has 3 aromatic heterocycles. The quantitative estimate of drug-likeness (QED) is 0.236. The fourth-order valence-corrected chi connectivity index (χ4v) is 4.81. The van der Waals surface area contributed by atoms with Gasteiger partial charge in [-0.25, -0.2) is 23.0 Å². The van der Waals surface area contributed by atoms with Crippen molar-refractivity contribution in [2.45, 2.75) is 82.3 Å². The van der Waals surface area contributed by atoms with E-state index in [1.165, 1.54) is 16.9 Å². The van der Waals surface area contributed by atoms with Crippen molar-refractivity contribution >= 4 is 29.1 Å². The Morgan fingerprint density at radius 1 is 1.27 bits per heavy atom. The number of imidazole rings is 1. The molecule has 1 saturated carbocycles. The van der Waals surface area contributed by atoms with Crippen LogP contribution in [-0.4, -0.2) is 63.1 Å². The highest BCUT2D eigenvalue weighted by atomic mass is 32.2. The third-order valence-corrected chi connectivity index (χ3v) is 7.82. The minimum Gasteiger partial charge on any atom is -0.591 e. The number of carbonyl (C=O) groups is 1. The van der Waals surface area contributed by atoms with Gasteiger partial charge in [-0.3, -0.25) is 4.79 Å². The van der Waals surface area contributed by atoms with Gasteiger partial charge in [0.05, 0.1) is 49.5 Å². The third-order valence-electron chi connectivity index (χ3n) is 6.48. The maximum absolute atomic E-state index is 13.9. The van der Waals surface area contributed by atoms with Crippen LogP contribution in [0.25, 0.3) is 5.65 Å². The van der Waals surface area contributed by atoms with Crippen molar-refractivity contribution in [2.24, 2.45) is 10.3 Å². The van der Waals surface area contributed by atoms with Crippen molar-refractivity contribution in [1.29, 1.82) is 0 Å². The number of rotatable bonds is 8. The monoisotopic (exact) mass is 588 g/mol. The van der Waals surface area contributed by atoms with Gasteiger partial charge in [0.1, 0.15) is 21.8 Å². The Morgan fingerprint density at radius 3 is 2.62 bits per heavy atom. The summed E-state index contributed by atoms with van der Waals surface area (Å²) >= 11 is -1.48. The number of carbonyl (C=O) groups excluding carboxylic acids is 1. The number of fused-ring (bicyclic) bond motifs is 1. The lowest BCUT2D eigenvalue weighted by atomic mass is 9.81. The molecule has 0 aromatic carbocycles. The molecule has 3 heterocycles. The molecule has 0 bridgehead atoms. The molecule has 1 aliphatic carbocycles. The summed E-state index contributed by atoms with van der Waals surface area (Å²) in [5.74, 6) is -3.98. The summed E-state index contributed by atoms with van der Waals surface area (Å²) in [7, 11) is 0. The van der Waals surface area contributed by atoms with Crippen LogP contribution in [-0.2, 0) is 17.9 Å². The molecule has 1 amide bonds. The van der Waals surface area contributed by atoms with Crippen molar-refractivity contribution in [3.63, 3.8) is 0 Å². The van der Waals surface area contributed by atoms with Gasteiger partial charge >= 0.3 is 6.18 Å². The van der Waals surface area contributed by atoms with Gasteiger partial charge in [-0.15, -0.1) is 5.10 Å². The van der Waals surface area contributed by atoms with E-state index in [2.05, 4.69) is 30.1 Å². The molecule has 0 saturated heterocycles. The first kappa shape index (κ1) is 29.8. The van der Waals surface area contributed by atoms with Crippen LogP contribution in [0, 0.1) is 5.92 Å². The first-order chi connectivity index (χ1) is 18.6. The van der Waals surface area contributed by atoms with Gasteiger partial charge in [0.25, 0.3) is 5.91 Å². The van der Waals surface area contributed by atoms with E-state index in [0.29, 0.717) is 16.9 Å². The Labute approximate surface area is 229 Å². The van der Waals surface area contributed by atoms with Crippen molar-refractivity contribution in [2.75, 3.05) is 0 Å². The molecular formula is C24H29F5N8O2S. The number of halogens is 5. The van der Waals surface area contributed by atoms with Crippen LogP contribution in [0.1, 0.15) is 80.7 Å². The second-order valence-corrected chi connectivity index (χ2v) is 12.6. The second-order valence-electron chi connectivity index (χ2n) is 10.7. The van der Waals surface area contributed by atoms with Crippen molar-refractivity contribution in [3.05, 3.63) is 41.6 Å². The lowest BCUT2D eigenvalue weighted by molar-refractivity contribution is -0.137. The minimum absolute atomic E-state index is 0.0986. The second kappa shape index (κ2) is 11.4. The highest BCUT2D eigenvalue weighted by Crippen LogP contribution is 2.41. The Kier molecular flexibility index (Phi) is 8.49. The molecule has 0 radical (unpaired) electrons. The zero-order valence-electron chi connectivity index (χ0n) is 22.0. The molecule has 1 aliphatic rings. The van der Waals surface area contributed by atoms with Gasteiger partial charge < -0.3 is 9.87 Å². The van der Waals surface area contributed by atoms with Crippen LogP contribution in [0.5, 0.6) is 0 Å². The van der Waals surface area contributed by atoms with Crippen molar-refractivity contribution < 1.29 is 31.3 Å². The third kappa shape index (κ3) is 7.53. The van der Waals surface area contributed by atoms with Gasteiger partial charge in [-0.1, -0.05) is 9.61 Å². The summed E-state index contributed by atoms with van der Waals surface area (Å²) in [5.41, 5.74) is 1.05. The maximum Gasteiger partial charge on any atom is 0.390 e. The summed E-state index contributed by atoms with van der Waals surface area (Å²) in [6.07, 6.45) is -0.686. The molecule has 16 heteroatoms. The summed E-state index contributed by atoms with van der Waals surface area (Å²) in [6.45, 7) is 4.77. The van der Waals surface area contributed by atoms with Gasteiger partial charge in [0.15, 0.2) is 5.65 Å². The first-order valence-electron chi connectivity index (χ1n) is 12.6. The number of alkyl halides is 5. The lowest BCUT2D eigenvalue weighted by Gasteiger charge is -2.33. The van der Waals surface area contributed by atoms with E-state index in [9.17, 15) is 31.3 Å². The van der Waals surface area contributed by atoms with E-state index >= 15 is 0 Å². The molecule has 218 valence electrons. The maximum atomic E-state index is 13.9. The zero-order chi connectivity index (χ0) is 29.3. The van der Waals surface area contributed by atoms with Crippen molar-refractivity contribution in [1.82, 2.24) is 34.9 Å². The Morgan fingerprint density at radius 2 is 1.98 bits per heavy atom. The van der Waals surface area contributed by atoms with Gasteiger partial charge in [0, 0.05) is 18.4 Å². The topological polar surface area (TPSA) is 125 Å². The molecule has 3 aromatic rings. The molecule has 1 N–H and O–H groups in total. The SMILES string of the molecule is CC(C)(C)[S@+]([O-])/N=C/c1cnn2cc([C@@H](NC(=O)c3cnnn3CCC(F)(F)F)C3CCC(F)(F)CC3)nc2c1. The van der Waals surface area contributed by atoms with Crippen LogP contribution in [0.4, 0.5) is 22.0 Å².